The fourth-order valence-corrected chi connectivity index (χ4v) is 1.95. The number of nitrogens with one attached hydrogen (secondary N) is 1. The maximum absolute atomic E-state index is 12.0. The van der Waals surface area contributed by atoms with Crippen LogP contribution in [0.25, 0.3) is 0 Å². The Morgan fingerprint density at radius 1 is 1.25 bits per heavy atom. The second-order valence-electron chi connectivity index (χ2n) is 4.52. The molecule has 1 amide bonds. The molecule has 1 aromatic heterocycles. The van der Waals surface area contributed by atoms with Crippen LogP contribution in [0.1, 0.15) is 37.8 Å². The van der Waals surface area contributed by atoms with Crippen LogP contribution in [-0.4, -0.2) is 17.0 Å². The minimum atomic E-state index is -0.987. The summed E-state index contributed by atoms with van der Waals surface area (Å²) < 4.78 is 5.30. The summed E-state index contributed by atoms with van der Waals surface area (Å²) in [7, 11) is 0. The lowest BCUT2D eigenvalue weighted by Crippen LogP contribution is -2.23. The molecule has 2 rings (SSSR count). The summed E-state index contributed by atoms with van der Waals surface area (Å²) in [5.41, 5.74) is 1.43. The molecular formula is C15H15NO4. The second kappa shape index (κ2) is 5.61. The van der Waals surface area contributed by atoms with Gasteiger partial charge in [-0.25, -0.2) is 4.79 Å². The lowest BCUT2D eigenvalue weighted by molar-refractivity contribution is 0.0696. The van der Waals surface area contributed by atoms with Gasteiger partial charge in [-0.05, 0) is 37.6 Å². The van der Waals surface area contributed by atoms with E-state index in [0.29, 0.717) is 17.1 Å². The van der Waals surface area contributed by atoms with Gasteiger partial charge in [0, 0.05) is 6.54 Å². The van der Waals surface area contributed by atoms with Crippen LogP contribution in [0.5, 0.6) is 0 Å². The quantitative estimate of drug-likeness (QED) is 0.897. The molecule has 1 heterocycles. The Morgan fingerprint density at radius 2 is 2.00 bits per heavy atom. The normalized spacial score (nSPS) is 10.3. The maximum Gasteiger partial charge on any atom is 0.335 e. The van der Waals surface area contributed by atoms with E-state index < -0.39 is 5.97 Å². The smallest absolute Gasteiger partial charge is 0.335 e. The van der Waals surface area contributed by atoms with Gasteiger partial charge in [-0.3, -0.25) is 4.79 Å². The molecule has 2 N–H and O–H groups in total. The first-order valence-corrected chi connectivity index (χ1v) is 6.15. The van der Waals surface area contributed by atoms with E-state index >= 15 is 0 Å². The number of carboxylic acids is 1. The number of amides is 1. The number of rotatable bonds is 4. The van der Waals surface area contributed by atoms with Gasteiger partial charge in [-0.2, -0.15) is 0 Å². The van der Waals surface area contributed by atoms with Gasteiger partial charge in [0.05, 0.1) is 11.1 Å². The number of aromatic carboxylic acids is 1. The van der Waals surface area contributed by atoms with Crippen molar-refractivity contribution in [2.75, 3.05) is 0 Å². The third kappa shape index (κ3) is 3.06. The summed E-state index contributed by atoms with van der Waals surface area (Å²) in [5.74, 6) is 0.0272. The van der Waals surface area contributed by atoms with Crippen molar-refractivity contribution in [2.24, 2.45) is 0 Å². The number of carboxylic acid groups (broad SMARTS) is 1. The zero-order valence-electron chi connectivity index (χ0n) is 11.3. The van der Waals surface area contributed by atoms with Gasteiger partial charge in [-0.15, -0.1) is 0 Å². The highest BCUT2D eigenvalue weighted by Gasteiger charge is 2.13. The molecule has 0 spiro atoms. The molecule has 2 aromatic rings. The van der Waals surface area contributed by atoms with Crippen LogP contribution in [0.4, 0.5) is 0 Å². The molecule has 0 saturated heterocycles. The van der Waals surface area contributed by atoms with E-state index in [2.05, 4.69) is 5.32 Å². The Labute approximate surface area is 116 Å². The fraction of sp³-hybridized carbons (Fsp3) is 0.200. The van der Waals surface area contributed by atoms with E-state index in [1.54, 1.807) is 32.0 Å². The number of carbonyl (C=O) groups is 2. The van der Waals surface area contributed by atoms with Gasteiger partial charge >= 0.3 is 5.97 Å². The molecule has 0 bridgehead atoms. The Kier molecular flexibility index (Phi) is 3.89. The van der Waals surface area contributed by atoms with E-state index in [-0.39, 0.29) is 18.0 Å². The van der Waals surface area contributed by atoms with Crippen molar-refractivity contribution in [3.8, 4) is 0 Å². The van der Waals surface area contributed by atoms with Crippen LogP contribution in [0.2, 0.25) is 0 Å². The number of hydrogen-bond donors (Lipinski definition) is 2. The molecule has 104 valence electrons. The average Bonchev–Trinajstić information content (AvgIpc) is 2.75. The molecular weight excluding hydrogens is 258 g/mol. The van der Waals surface area contributed by atoms with Crippen molar-refractivity contribution in [1.82, 2.24) is 5.32 Å². The van der Waals surface area contributed by atoms with Crippen molar-refractivity contribution in [3.63, 3.8) is 0 Å². The fourth-order valence-electron chi connectivity index (χ4n) is 1.95. The lowest BCUT2D eigenvalue weighted by Gasteiger charge is -2.05. The summed E-state index contributed by atoms with van der Waals surface area (Å²) in [6.45, 7) is 3.77. The highest BCUT2D eigenvalue weighted by atomic mass is 16.4. The van der Waals surface area contributed by atoms with Gasteiger partial charge in [-0.1, -0.05) is 12.1 Å². The van der Waals surface area contributed by atoms with Gasteiger partial charge in [0.25, 0.3) is 5.91 Å². The summed E-state index contributed by atoms with van der Waals surface area (Å²) in [6.07, 6.45) is 0. The van der Waals surface area contributed by atoms with Crippen molar-refractivity contribution in [1.29, 1.82) is 0 Å². The largest absolute Gasteiger partial charge is 0.478 e. The van der Waals surface area contributed by atoms with Gasteiger partial charge < -0.3 is 14.8 Å². The highest BCUT2D eigenvalue weighted by molar-refractivity contribution is 5.95. The number of hydrogen-bond acceptors (Lipinski definition) is 3. The molecule has 1 aromatic carbocycles. The molecule has 0 atom stereocenters. The zero-order valence-corrected chi connectivity index (χ0v) is 11.3. The summed E-state index contributed by atoms with van der Waals surface area (Å²) in [6, 6.07) is 8.14. The molecule has 0 aliphatic rings. The molecule has 5 heteroatoms. The molecule has 0 unspecified atom stereocenters. The molecule has 20 heavy (non-hydrogen) atoms. The van der Waals surface area contributed by atoms with E-state index in [4.69, 9.17) is 9.52 Å². The van der Waals surface area contributed by atoms with Crippen LogP contribution < -0.4 is 5.32 Å². The van der Waals surface area contributed by atoms with Gasteiger partial charge in [0.2, 0.25) is 0 Å². The third-order valence-corrected chi connectivity index (χ3v) is 2.91. The van der Waals surface area contributed by atoms with Gasteiger partial charge in [0.1, 0.15) is 11.5 Å². The van der Waals surface area contributed by atoms with Gasteiger partial charge in [0.15, 0.2) is 0 Å². The standard InChI is InChI=1S/C15H15NO4/c1-9-6-13(10(2)20-9)14(17)16-8-11-4-3-5-12(7-11)15(18)19/h3-7H,8H2,1-2H3,(H,16,17)(H,18,19). The highest BCUT2D eigenvalue weighted by Crippen LogP contribution is 2.13. The van der Waals surface area contributed by atoms with Crippen molar-refractivity contribution in [2.45, 2.75) is 20.4 Å². The first-order chi connectivity index (χ1) is 9.47. The minimum Gasteiger partial charge on any atom is -0.478 e. The summed E-state index contributed by atoms with van der Waals surface area (Å²) in [4.78, 5) is 22.8. The maximum atomic E-state index is 12.0. The second-order valence-corrected chi connectivity index (χ2v) is 4.52. The first-order valence-electron chi connectivity index (χ1n) is 6.15. The number of aryl methyl sites for hydroxylation is 2. The summed E-state index contributed by atoms with van der Waals surface area (Å²) >= 11 is 0. The molecule has 0 aliphatic heterocycles. The molecule has 5 nitrogen and oxygen atoms in total. The number of benzene rings is 1. The Bertz CT molecular complexity index is 658. The first kappa shape index (κ1) is 13.9. The molecule has 0 radical (unpaired) electrons. The predicted octanol–water partition coefficient (Wildman–Crippen LogP) is 2.52. The van der Waals surface area contributed by atoms with Crippen LogP contribution in [0.15, 0.2) is 34.7 Å². The minimum absolute atomic E-state index is 0.201. The number of carbonyl (C=O) groups excluding carboxylic acids is 1. The van der Waals surface area contributed by atoms with Crippen LogP contribution in [-0.2, 0) is 6.54 Å². The van der Waals surface area contributed by atoms with E-state index in [1.807, 2.05) is 0 Å². The Hall–Kier alpha value is -2.56. The van der Waals surface area contributed by atoms with E-state index in [0.717, 1.165) is 5.56 Å². The molecule has 0 aliphatic carbocycles. The SMILES string of the molecule is Cc1cc(C(=O)NCc2cccc(C(=O)O)c2)c(C)o1. The third-order valence-electron chi connectivity index (χ3n) is 2.91. The monoisotopic (exact) mass is 273 g/mol. The summed E-state index contributed by atoms with van der Waals surface area (Å²) in [5, 5.41) is 11.6. The van der Waals surface area contributed by atoms with E-state index in [1.165, 1.54) is 12.1 Å². The van der Waals surface area contributed by atoms with Crippen LogP contribution >= 0.6 is 0 Å². The van der Waals surface area contributed by atoms with E-state index in [9.17, 15) is 9.59 Å². The van der Waals surface area contributed by atoms with Crippen LogP contribution in [0, 0.1) is 13.8 Å². The zero-order chi connectivity index (χ0) is 14.7. The topological polar surface area (TPSA) is 79.5 Å². The van der Waals surface area contributed by atoms with Crippen molar-refractivity contribution in [3.05, 3.63) is 58.5 Å². The Morgan fingerprint density at radius 3 is 2.60 bits per heavy atom. The Balaban J connectivity index is 2.05. The lowest BCUT2D eigenvalue weighted by atomic mass is 10.1. The predicted molar refractivity (Wildman–Crippen MR) is 72.8 cm³/mol. The average molecular weight is 273 g/mol. The molecule has 0 fully saturated rings. The van der Waals surface area contributed by atoms with Crippen molar-refractivity contribution < 1.29 is 19.1 Å². The van der Waals surface area contributed by atoms with Crippen LogP contribution in [0.3, 0.4) is 0 Å². The van der Waals surface area contributed by atoms with Crippen molar-refractivity contribution >= 4 is 11.9 Å². The number of furan rings is 1. The molecule has 0 saturated carbocycles.